The first kappa shape index (κ1) is 17.1. The van der Waals surface area contributed by atoms with Gasteiger partial charge in [0.05, 0.1) is 18.5 Å². The first-order chi connectivity index (χ1) is 7.26. The van der Waals surface area contributed by atoms with Gasteiger partial charge in [-0.2, -0.15) is 8.42 Å². The Balaban J connectivity index is 4.60. The second kappa shape index (κ2) is 5.38. The summed E-state index contributed by atoms with van der Waals surface area (Å²) in [4.78, 5) is 0. The first-order valence-corrected chi connectivity index (χ1v) is 10.5. The summed E-state index contributed by atoms with van der Waals surface area (Å²) in [6.45, 7) is 14.3. The van der Waals surface area contributed by atoms with Crippen LogP contribution < -0.4 is 0 Å². The van der Waals surface area contributed by atoms with Gasteiger partial charge >= 0.3 is 0 Å². The monoisotopic (exact) mass is 282 g/mol. The molecule has 0 radical (unpaired) electrons. The molecule has 0 aromatic heterocycles. The standard InChI is InChI=1S/C11H26O4SSi/c1-9(14-16(6,12)13)10(2)15-17(7,8)11(3,4)5/h9-10H,1-8H3/t9?,10-/m0/s1. The van der Waals surface area contributed by atoms with Gasteiger partial charge in [-0.1, -0.05) is 20.8 Å². The molecule has 0 aromatic rings. The van der Waals surface area contributed by atoms with E-state index in [0.29, 0.717) is 0 Å². The number of rotatable bonds is 5. The molecule has 2 atom stereocenters. The minimum absolute atomic E-state index is 0.103. The van der Waals surface area contributed by atoms with Crippen LogP contribution in [0.15, 0.2) is 0 Å². The van der Waals surface area contributed by atoms with Gasteiger partial charge in [0, 0.05) is 0 Å². The van der Waals surface area contributed by atoms with Crippen LogP contribution in [0.5, 0.6) is 0 Å². The molecule has 0 aromatic carbocycles. The number of hydrogen-bond donors (Lipinski definition) is 0. The molecule has 4 nitrogen and oxygen atoms in total. The quantitative estimate of drug-likeness (QED) is 0.575. The Hall–Kier alpha value is 0.0869. The van der Waals surface area contributed by atoms with E-state index in [2.05, 4.69) is 33.9 Å². The van der Waals surface area contributed by atoms with Crippen molar-refractivity contribution in [2.45, 2.75) is 65.0 Å². The molecular formula is C11H26O4SSi. The minimum atomic E-state index is -3.42. The molecule has 6 heteroatoms. The highest BCUT2D eigenvalue weighted by molar-refractivity contribution is 7.86. The highest BCUT2D eigenvalue weighted by atomic mass is 32.2. The molecule has 0 spiro atoms. The highest BCUT2D eigenvalue weighted by Gasteiger charge is 2.39. The van der Waals surface area contributed by atoms with Crippen molar-refractivity contribution in [3.8, 4) is 0 Å². The smallest absolute Gasteiger partial charge is 0.264 e. The molecule has 0 saturated carbocycles. The lowest BCUT2D eigenvalue weighted by Crippen LogP contribution is -2.46. The van der Waals surface area contributed by atoms with Crippen LogP contribution in [0.3, 0.4) is 0 Å². The van der Waals surface area contributed by atoms with Crippen LogP contribution in [0.2, 0.25) is 18.1 Å². The Morgan fingerprint density at radius 2 is 1.47 bits per heavy atom. The summed E-state index contributed by atoms with van der Waals surface area (Å²) >= 11 is 0. The summed E-state index contributed by atoms with van der Waals surface area (Å²) in [6, 6.07) is 0. The Kier molecular flexibility index (Phi) is 5.41. The van der Waals surface area contributed by atoms with Gasteiger partial charge in [-0.15, -0.1) is 0 Å². The summed E-state index contributed by atoms with van der Waals surface area (Å²) in [5.41, 5.74) is 0. The summed E-state index contributed by atoms with van der Waals surface area (Å²) in [5.74, 6) is 0. The Bertz CT molecular complexity index is 343. The molecule has 0 aliphatic carbocycles. The van der Waals surface area contributed by atoms with Gasteiger partial charge in [0.1, 0.15) is 0 Å². The lowest BCUT2D eigenvalue weighted by Gasteiger charge is -2.39. The molecule has 0 N–H and O–H groups in total. The van der Waals surface area contributed by atoms with E-state index in [-0.39, 0.29) is 11.1 Å². The molecule has 0 heterocycles. The van der Waals surface area contributed by atoms with E-state index >= 15 is 0 Å². The van der Waals surface area contributed by atoms with E-state index in [9.17, 15) is 8.42 Å². The third-order valence-corrected chi connectivity index (χ3v) is 8.50. The Morgan fingerprint density at radius 3 is 1.76 bits per heavy atom. The van der Waals surface area contributed by atoms with E-state index in [1.165, 1.54) is 0 Å². The molecule has 104 valence electrons. The summed E-state index contributed by atoms with van der Waals surface area (Å²) in [7, 11) is -5.30. The third kappa shape index (κ3) is 5.99. The lowest BCUT2D eigenvalue weighted by atomic mass is 10.2. The lowest BCUT2D eigenvalue weighted by molar-refractivity contribution is 0.0728. The van der Waals surface area contributed by atoms with Gasteiger partial charge < -0.3 is 4.43 Å². The third-order valence-electron chi connectivity index (χ3n) is 3.27. The molecule has 17 heavy (non-hydrogen) atoms. The summed E-state index contributed by atoms with van der Waals surface area (Å²) < 4.78 is 33.1. The van der Waals surface area contributed by atoms with Gasteiger partial charge in [0.2, 0.25) is 0 Å². The molecule has 0 fully saturated rings. The largest absolute Gasteiger partial charge is 0.412 e. The fourth-order valence-electron chi connectivity index (χ4n) is 1.09. The van der Waals surface area contributed by atoms with Gasteiger partial charge in [0.15, 0.2) is 8.32 Å². The van der Waals surface area contributed by atoms with E-state index in [1.807, 2.05) is 6.92 Å². The van der Waals surface area contributed by atoms with Crippen molar-refractivity contribution < 1.29 is 17.0 Å². The molecule has 0 aliphatic rings. The van der Waals surface area contributed by atoms with Crippen LogP contribution >= 0.6 is 0 Å². The van der Waals surface area contributed by atoms with E-state index in [0.717, 1.165) is 6.26 Å². The molecule has 0 saturated heterocycles. The maximum Gasteiger partial charge on any atom is 0.264 e. The SMILES string of the molecule is CC(OS(C)(=O)=O)[C@H](C)O[Si](C)(C)C(C)(C)C. The van der Waals surface area contributed by atoms with Crippen molar-refractivity contribution in [1.82, 2.24) is 0 Å². The average molecular weight is 282 g/mol. The van der Waals surface area contributed by atoms with Crippen LogP contribution in [0.1, 0.15) is 34.6 Å². The van der Waals surface area contributed by atoms with E-state index in [1.54, 1.807) is 6.92 Å². The second-order valence-electron chi connectivity index (χ2n) is 6.09. The van der Waals surface area contributed by atoms with Crippen LogP contribution in [-0.4, -0.2) is 35.2 Å². The predicted molar refractivity (Wildman–Crippen MR) is 73.1 cm³/mol. The normalized spacial score (nSPS) is 17.9. The molecular weight excluding hydrogens is 256 g/mol. The highest BCUT2D eigenvalue weighted by Crippen LogP contribution is 2.37. The van der Waals surface area contributed by atoms with Crippen molar-refractivity contribution in [3.63, 3.8) is 0 Å². The van der Waals surface area contributed by atoms with Crippen LogP contribution in [0.25, 0.3) is 0 Å². The summed E-state index contributed by atoms with van der Waals surface area (Å²) in [6.07, 6.45) is 0.368. The van der Waals surface area contributed by atoms with Crippen LogP contribution in [-0.2, 0) is 18.7 Å². The second-order valence-corrected chi connectivity index (χ2v) is 12.4. The van der Waals surface area contributed by atoms with Gasteiger partial charge in [-0.05, 0) is 32.0 Å². The zero-order valence-electron chi connectivity index (χ0n) is 12.2. The fourth-order valence-corrected chi connectivity index (χ4v) is 3.27. The zero-order chi connectivity index (χ0) is 14.1. The minimum Gasteiger partial charge on any atom is -0.412 e. The van der Waals surface area contributed by atoms with E-state index < -0.39 is 24.5 Å². The summed E-state index contributed by atoms with van der Waals surface area (Å²) in [5, 5.41) is 0.103. The number of hydrogen-bond acceptors (Lipinski definition) is 4. The van der Waals surface area contributed by atoms with Crippen molar-refractivity contribution >= 4 is 18.4 Å². The Morgan fingerprint density at radius 1 is 1.06 bits per heavy atom. The van der Waals surface area contributed by atoms with Crippen molar-refractivity contribution in [3.05, 3.63) is 0 Å². The van der Waals surface area contributed by atoms with Gasteiger partial charge in [-0.25, -0.2) is 0 Å². The first-order valence-electron chi connectivity index (χ1n) is 5.82. The zero-order valence-corrected chi connectivity index (χ0v) is 14.0. The molecule has 0 rings (SSSR count). The molecule has 1 unspecified atom stereocenters. The molecule has 0 aliphatic heterocycles. The van der Waals surface area contributed by atoms with Crippen LogP contribution in [0.4, 0.5) is 0 Å². The van der Waals surface area contributed by atoms with Crippen molar-refractivity contribution in [2.24, 2.45) is 0 Å². The molecule has 0 bridgehead atoms. The van der Waals surface area contributed by atoms with Crippen molar-refractivity contribution in [1.29, 1.82) is 0 Å². The maximum atomic E-state index is 11.0. The average Bonchev–Trinajstić information content (AvgIpc) is 1.97. The Labute approximate surface area is 107 Å². The van der Waals surface area contributed by atoms with Gasteiger partial charge in [0.25, 0.3) is 10.1 Å². The predicted octanol–water partition coefficient (Wildman–Crippen LogP) is 2.76. The van der Waals surface area contributed by atoms with Crippen molar-refractivity contribution in [2.75, 3.05) is 6.26 Å². The topological polar surface area (TPSA) is 52.6 Å². The van der Waals surface area contributed by atoms with Crippen LogP contribution in [0, 0.1) is 0 Å². The van der Waals surface area contributed by atoms with Gasteiger partial charge in [-0.3, -0.25) is 4.18 Å². The molecule has 0 amide bonds. The fraction of sp³-hybridized carbons (Fsp3) is 1.00. The maximum absolute atomic E-state index is 11.0. The van der Waals surface area contributed by atoms with E-state index in [4.69, 9.17) is 8.61 Å².